The minimum atomic E-state index is -1.23. The van der Waals surface area contributed by atoms with E-state index in [0.717, 1.165) is 32.1 Å². The van der Waals surface area contributed by atoms with Gasteiger partial charge in [-0.25, -0.2) is 0 Å². The number of Topliss-reactive ketones (excluding diaryl/α,β-unsaturated/α-hetero) is 1. The van der Waals surface area contributed by atoms with Crippen LogP contribution in [0.1, 0.15) is 100 Å². The number of ether oxygens (including phenoxy) is 1. The first kappa shape index (κ1) is 25.9. The summed E-state index contributed by atoms with van der Waals surface area (Å²) in [5.41, 5.74) is -1.15. The van der Waals surface area contributed by atoms with Gasteiger partial charge in [0.25, 0.3) is 0 Å². The van der Waals surface area contributed by atoms with Gasteiger partial charge in [-0.3, -0.25) is 4.79 Å². The molecule has 0 amide bonds. The third-order valence-corrected chi connectivity index (χ3v) is 12.4. The first-order chi connectivity index (χ1) is 15.9. The molecule has 0 unspecified atom stereocenters. The van der Waals surface area contributed by atoms with Gasteiger partial charge in [-0.1, -0.05) is 47.6 Å². The van der Waals surface area contributed by atoms with E-state index in [1.807, 2.05) is 0 Å². The number of fused-ring (bicyclic) bond motifs is 6. The number of carbonyl (C=O) groups is 1. The van der Waals surface area contributed by atoms with Gasteiger partial charge < -0.3 is 20.1 Å². The highest BCUT2D eigenvalue weighted by molar-refractivity contribution is 5.85. The van der Waals surface area contributed by atoms with Crippen LogP contribution in [0.2, 0.25) is 0 Å². The second kappa shape index (κ2) is 7.42. The van der Waals surface area contributed by atoms with Crippen LogP contribution >= 0.6 is 0 Å². The van der Waals surface area contributed by atoms with E-state index in [2.05, 4.69) is 47.6 Å². The van der Waals surface area contributed by atoms with Crippen LogP contribution in [0, 0.1) is 39.4 Å². The number of rotatable bonds is 2. The molecule has 0 bridgehead atoms. The molecule has 0 aromatic rings. The highest BCUT2D eigenvalue weighted by Gasteiger charge is 2.72. The normalized spacial score (nSPS) is 52.0. The summed E-state index contributed by atoms with van der Waals surface area (Å²) >= 11 is 0. The van der Waals surface area contributed by atoms with Gasteiger partial charge in [0.2, 0.25) is 0 Å². The standard InChI is InChI=1S/C30H48O5/c1-17-15-19(24(33)26(4,5)34)35-30(17)14-13-28(7)21(30)16-18(31)23-27(6)11-10-22(32)25(2,3)20(27)9-12-29(23,28)8/h16-20,23-24,31,33-34H,9-15H2,1-8H3/t17-,18+,19+,20+,23+,24-,27+,28+,29+,30-/m1/s1. The summed E-state index contributed by atoms with van der Waals surface area (Å²) in [6.45, 7) is 16.9. The van der Waals surface area contributed by atoms with Crippen LogP contribution in [0.5, 0.6) is 0 Å². The lowest BCUT2D eigenvalue weighted by Crippen LogP contribution is -2.65. The Morgan fingerprint density at radius 1 is 1.09 bits per heavy atom. The average molecular weight is 489 g/mol. The fraction of sp³-hybridized carbons (Fsp3) is 0.900. The molecule has 4 aliphatic carbocycles. The number of aliphatic hydroxyl groups is 3. The molecule has 0 aromatic heterocycles. The first-order valence-electron chi connectivity index (χ1n) is 14.0. The predicted octanol–water partition coefficient (Wildman–Crippen LogP) is 4.81. The van der Waals surface area contributed by atoms with E-state index in [-0.39, 0.29) is 39.4 Å². The smallest absolute Gasteiger partial charge is 0.138 e. The van der Waals surface area contributed by atoms with E-state index in [1.54, 1.807) is 13.8 Å². The third kappa shape index (κ3) is 3.11. The molecule has 1 saturated heterocycles. The molecular formula is C30H48O5. The van der Waals surface area contributed by atoms with Gasteiger partial charge in [0.15, 0.2) is 0 Å². The minimum absolute atomic E-state index is 0.0909. The Hall–Kier alpha value is -0.750. The molecule has 35 heavy (non-hydrogen) atoms. The molecule has 5 nitrogen and oxygen atoms in total. The molecule has 1 heterocycles. The summed E-state index contributed by atoms with van der Waals surface area (Å²) in [6, 6.07) is 0. The molecule has 198 valence electrons. The molecule has 0 aromatic carbocycles. The molecule has 3 saturated carbocycles. The summed E-state index contributed by atoms with van der Waals surface area (Å²) in [4.78, 5) is 12.9. The Morgan fingerprint density at radius 2 is 1.74 bits per heavy atom. The monoisotopic (exact) mass is 488 g/mol. The highest BCUT2D eigenvalue weighted by atomic mass is 16.5. The molecule has 1 spiro atoms. The van der Waals surface area contributed by atoms with E-state index in [4.69, 9.17) is 4.74 Å². The maximum absolute atomic E-state index is 12.9. The zero-order valence-corrected chi connectivity index (χ0v) is 23.1. The Kier molecular flexibility index (Phi) is 5.49. The van der Waals surface area contributed by atoms with Gasteiger partial charge in [0.05, 0.1) is 23.4 Å². The van der Waals surface area contributed by atoms with Gasteiger partial charge >= 0.3 is 0 Å². The number of ketones is 1. The van der Waals surface area contributed by atoms with E-state index in [0.29, 0.717) is 18.6 Å². The molecule has 4 fully saturated rings. The van der Waals surface area contributed by atoms with Gasteiger partial charge in [0.1, 0.15) is 11.9 Å². The van der Waals surface area contributed by atoms with Crippen LogP contribution in [0.15, 0.2) is 11.6 Å². The Morgan fingerprint density at radius 3 is 2.37 bits per heavy atom. The SMILES string of the molecule is C[C@@H]1C[C@@H]([C@@H](O)C(C)(C)O)O[C@]12CC[C@@]1(C)C2=C[C@H](O)[C@H]2[C@@]3(C)CCC(=O)C(C)(C)[C@@H]3CC[C@@]21C. The van der Waals surface area contributed by atoms with Crippen molar-refractivity contribution >= 4 is 5.78 Å². The first-order valence-corrected chi connectivity index (χ1v) is 14.0. The summed E-state index contributed by atoms with van der Waals surface area (Å²) in [5.74, 6) is 0.953. The van der Waals surface area contributed by atoms with Crippen LogP contribution in [-0.2, 0) is 9.53 Å². The van der Waals surface area contributed by atoms with Crippen LogP contribution < -0.4 is 0 Å². The Bertz CT molecular complexity index is 947. The van der Waals surface area contributed by atoms with Crippen molar-refractivity contribution in [2.45, 2.75) is 130 Å². The molecule has 3 N–H and O–H groups in total. The van der Waals surface area contributed by atoms with Crippen molar-refractivity contribution in [1.82, 2.24) is 0 Å². The van der Waals surface area contributed by atoms with E-state index >= 15 is 0 Å². The molecule has 5 rings (SSSR count). The van der Waals surface area contributed by atoms with Crippen molar-refractivity contribution in [3.63, 3.8) is 0 Å². The fourth-order valence-corrected chi connectivity index (χ4v) is 10.3. The van der Waals surface area contributed by atoms with Crippen molar-refractivity contribution in [3.8, 4) is 0 Å². The highest BCUT2D eigenvalue weighted by Crippen LogP contribution is 2.75. The van der Waals surface area contributed by atoms with E-state index in [9.17, 15) is 20.1 Å². The molecule has 10 atom stereocenters. The van der Waals surface area contributed by atoms with Crippen molar-refractivity contribution in [2.75, 3.05) is 0 Å². The number of carbonyl (C=O) groups excluding carboxylic acids is 1. The molecule has 1 aliphatic heterocycles. The van der Waals surface area contributed by atoms with Gasteiger partial charge in [-0.15, -0.1) is 0 Å². The summed E-state index contributed by atoms with van der Waals surface area (Å²) < 4.78 is 6.76. The number of hydrogen-bond acceptors (Lipinski definition) is 5. The lowest BCUT2D eigenvalue weighted by molar-refractivity contribution is -0.197. The zero-order chi connectivity index (χ0) is 26.0. The van der Waals surface area contributed by atoms with Crippen LogP contribution in [-0.4, -0.2) is 50.6 Å². The topological polar surface area (TPSA) is 87.0 Å². The second-order valence-electron chi connectivity index (χ2n) is 14.8. The van der Waals surface area contributed by atoms with Gasteiger partial charge in [0, 0.05) is 17.8 Å². The summed E-state index contributed by atoms with van der Waals surface area (Å²) in [5, 5.41) is 33.2. The van der Waals surface area contributed by atoms with E-state index < -0.39 is 29.5 Å². The van der Waals surface area contributed by atoms with Crippen LogP contribution in [0.25, 0.3) is 0 Å². The molecular weight excluding hydrogens is 440 g/mol. The lowest BCUT2D eigenvalue weighted by atomic mass is 9.36. The van der Waals surface area contributed by atoms with Crippen LogP contribution in [0.4, 0.5) is 0 Å². The Labute approximate surface area is 211 Å². The second-order valence-corrected chi connectivity index (χ2v) is 14.8. The van der Waals surface area contributed by atoms with Crippen LogP contribution in [0.3, 0.4) is 0 Å². The maximum atomic E-state index is 12.9. The van der Waals surface area contributed by atoms with Crippen molar-refractivity contribution < 1.29 is 24.9 Å². The van der Waals surface area contributed by atoms with Gasteiger partial charge in [-0.05, 0) is 86.0 Å². The third-order valence-electron chi connectivity index (χ3n) is 12.4. The Balaban J connectivity index is 1.57. The quantitative estimate of drug-likeness (QED) is 0.486. The van der Waals surface area contributed by atoms with Crippen molar-refractivity contribution in [2.24, 2.45) is 39.4 Å². The largest absolute Gasteiger partial charge is 0.389 e. The van der Waals surface area contributed by atoms with E-state index in [1.165, 1.54) is 5.57 Å². The summed E-state index contributed by atoms with van der Waals surface area (Å²) in [6.07, 6.45) is 6.23. The molecule has 0 radical (unpaired) electrons. The van der Waals surface area contributed by atoms with Crippen molar-refractivity contribution in [3.05, 3.63) is 11.6 Å². The zero-order valence-electron chi connectivity index (χ0n) is 23.1. The minimum Gasteiger partial charge on any atom is -0.389 e. The summed E-state index contributed by atoms with van der Waals surface area (Å²) in [7, 11) is 0. The average Bonchev–Trinajstić information content (AvgIpc) is 3.22. The van der Waals surface area contributed by atoms with Crippen molar-refractivity contribution in [1.29, 1.82) is 0 Å². The molecule has 5 aliphatic rings. The number of aliphatic hydroxyl groups excluding tert-OH is 2. The van der Waals surface area contributed by atoms with Gasteiger partial charge in [-0.2, -0.15) is 0 Å². The lowest BCUT2D eigenvalue weighted by Gasteiger charge is -2.68. The fourth-order valence-electron chi connectivity index (χ4n) is 10.3. The molecule has 5 heteroatoms. The number of hydrogen-bond donors (Lipinski definition) is 3. The maximum Gasteiger partial charge on any atom is 0.138 e. The predicted molar refractivity (Wildman–Crippen MR) is 136 cm³/mol.